The van der Waals surface area contributed by atoms with Gasteiger partial charge in [0.05, 0.1) is 23.9 Å². The van der Waals surface area contributed by atoms with E-state index >= 15 is 0 Å². The summed E-state index contributed by atoms with van der Waals surface area (Å²) in [6.07, 6.45) is 21.5. The van der Waals surface area contributed by atoms with Crippen molar-refractivity contribution in [2.24, 2.45) is 22.9 Å². The number of aryl methyl sites for hydroxylation is 1. The number of amides is 1. The molecule has 0 radical (unpaired) electrons. The first-order chi connectivity index (χ1) is 29.3. The van der Waals surface area contributed by atoms with E-state index in [1.54, 1.807) is 13.2 Å². The maximum absolute atomic E-state index is 14.6. The summed E-state index contributed by atoms with van der Waals surface area (Å²) in [5, 5.41) is 24.5. The molecule has 2 aliphatic carbocycles. The quantitative estimate of drug-likeness (QED) is 0.0494. The molecule has 1 amide bonds. The Morgan fingerprint density at radius 2 is 1.70 bits per heavy atom. The van der Waals surface area contributed by atoms with E-state index in [1.807, 2.05) is 42.2 Å². The summed E-state index contributed by atoms with van der Waals surface area (Å²) in [6, 6.07) is 11.6. The van der Waals surface area contributed by atoms with Gasteiger partial charge >= 0.3 is 0 Å². The number of unbranched alkanes of at least 4 members (excludes halogenated alkanes) is 10. The number of aromatic nitrogens is 1. The van der Waals surface area contributed by atoms with Gasteiger partial charge in [-0.25, -0.2) is 0 Å². The van der Waals surface area contributed by atoms with Crippen LogP contribution in [-0.4, -0.2) is 77.0 Å². The summed E-state index contributed by atoms with van der Waals surface area (Å²) in [5.41, 5.74) is 4.69. The van der Waals surface area contributed by atoms with E-state index in [0.29, 0.717) is 32.4 Å². The molecule has 6 unspecified atom stereocenters. The predicted octanol–water partition coefficient (Wildman–Crippen LogP) is 10.4. The lowest BCUT2D eigenvalue weighted by Gasteiger charge is -2.60. The largest absolute Gasteiger partial charge is 0.487 e. The molecule has 10 nitrogen and oxygen atoms in total. The number of pyridine rings is 1. The van der Waals surface area contributed by atoms with E-state index < -0.39 is 11.8 Å². The molecule has 1 fully saturated rings. The second-order valence-corrected chi connectivity index (χ2v) is 17.2. The zero-order chi connectivity index (χ0) is 42.7. The number of aliphatic hydroxyl groups excluding tert-OH is 2. The summed E-state index contributed by atoms with van der Waals surface area (Å²) >= 11 is 0. The number of hydrogen-bond donors (Lipinski definition) is 2. The number of carbonyl (C=O) groups excluding carboxylic acids is 1. The van der Waals surface area contributed by atoms with E-state index in [1.165, 1.54) is 38.5 Å². The summed E-state index contributed by atoms with van der Waals surface area (Å²) < 4.78 is 20.9. The smallest absolute Gasteiger partial charge is 0.239 e. The van der Waals surface area contributed by atoms with Crippen LogP contribution in [0.25, 0.3) is 0 Å². The van der Waals surface area contributed by atoms with Crippen molar-refractivity contribution in [3.05, 3.63) is 77.7 Å². The SMILES string of the molecule is C=CCOC12Oc3ccc(OCc4cccc(C)n4)cc3C3C(CCCCO)C(CCCCO)C=C(C(=NOC)CC1N(CCC)C(=O)CCCCCCCCCCC)C32. The number of carbonyl (C=O) groups is 1. The summed E-state index contributed by atoms with van der Waals surface area (Å²) in [5.74, 6) is 0.200. The molecule has 1 saturated carbocycles. The number of nitrogens with zero attached hydrogens (tertiary/aromatic N) is 3. The van der Waals surface area contributed by atoms with Crippen LogP contribution in [-0.2, 0) is 21.0 Å². The summed E-state index contributed by atoms with van der Waals surface area (Å²) in [6.45, 7) is 11.8. The van der Waals surface area contributed by atoms with Gasteiger partial charge in [-0.05, 0) is 93.2 Å². The molecule has 1 aromatic carbocycles. The van der Waals surface area contributed by atoms with Crippen molar-refractivity contribution in [2.45, 2.75) is 161 Å². The third-order valence-corrected chi connectivity index (χ3v) is 12.8. The Kier molecular flexibility index (Phi) is 19.4. The average molecular weight is 830 g/mol. The van der Waals surface area contributed by atoms with Gasteiger partial charge in [0, 0.05) is 49.8 Å². The molecule has 6 atom stereocenters. The van der Waals surface area contributed by atoms with Crippen molar-refractivity contribution in [1.82, 2.24) is 9.88 Å². The lowest BCUT2D eigenvalue weighted by molar-refractivity contribution is -0.257. The third-order valence-electron chi connectivity index (χ3n) is 12.8. The number of benzene rings is 1. The fourth-order valence-corrected chi connectivity index (χ4v) is 10.1. The minimum absolute atomic E-state index is 0.0993. The Morgan fingerprint density at radius 1 is 0.967 bits per heavy atom. The molecule has 10 heteroatoms. The van der Waals surface area contributed by atoms with Crippen LogP contribution in [0.4, 0.5) is 0 Å². The predicted molar refractivity (Wildman–Crippen MR) is 239 cm³/mol. The third kappa shape index (κ3) is 12.0. The van der Waals surface area contributed by atoms with E-state index in [-0.39, 0.29) is 49.4 Å². The highest BCUT2D eigenvalue weighted by Crippen LogP contribution is 2.62. The standard InChI is InChI=1S/C50H75N3O7/c1-6-9-10-11-12-13-14-15-16-26-47(56)53(29-7-2)46-35-44(52-57-5)42-33-38(23-17-19-30-54)41(25-18-20-31-55)48-43-34-40(58-36-39-24-21-22-37(4)51-39)27-28-45(43)60-50(46,49(42)48)59-32-8-3/h8,21-22,24,27-28,33-34,38,41,46,48-49,54-55H,3,6-7,9-20,23,25-26,29-32,35-36H2,1-2,4-5H3. The number of allylic oxidation sites excluding steroid dienone is 1. The van der Waals surface area contributed by atoms with Gasteiger partial charge in [-0.1, -0.05) is 101 Å². The Bertz CT molecular complexity index is 1700. The van der Waals surface area contributed by atoms with E-state index in [4.69, 9.17) is 24.2 Å². The molecular weight excluding hydrogens is 755 g/mol. The fraction of sp³-hybridized carbons (Fsp3) is 0.660. The van der Waals surface area contributed by atoms with Crippen LogP contribution in [0.5, 0.6) is 11.5 Å². The molecule has 3 aliphatic rings. The second kappa shape index (κ2) is 24.6. The number of rotatable bonds is 28. The molecule has 60 heavy (non-hydrogen) atoms. The van der Waals surface area contributed by atoms with Crippen molar-refractivity contribution in [3.8, 4) is 11.5 Å². The maximum Gasteiger partial charge on any atom is 0.239 e. The molecule has 2 aromatic rings. The number of hydrogen-bond acceptors (Lipinski definition) is 9. The van der Waals surface area contributed by atoms with E-state index in [9.17, 15) is 15.0 Å². The van der Waals surface area contributed by atoms with Gasteiger partial charge in [-0.2, -0.15) is 0 Å². The van der Waals surface area contributed by atoms with Gasteiger partial charge in [0.25, 0.3) is 0 Å². The number of fused-ring (bicyclic) bond motifs is 2. The fourth-order valence-electron chi connectivity index (χ4n) is 10.1. The van der Waals surface area contributed by atoms with Crippen LogP contribution >= 0.6 is 0 Å². The minimum atomic E-state index is -1.24. The van der Waals surface area contributed by atoms with E-state index in [2.05, 4.69) is 37.6 Å². The molecule has 1 aliphatic heterocycles. The van der Waals surface area contributed by atoms with Crippen LogP contribution in [0, 0.1) is 24.7 Å². The average Bonchev–Trinajstić information content (AvgIpc) is 3.25. The lowest BCUT2D eigenvalue weighted by Crippen LogP contribution is -2.70. The minimum Gasteiger partial charge on any atom is -0.487 e. The first-order valence-corrected chi connectivity index (χ1v) is 23.3. The van der Waals surface area contributed by atoms with Gasteiger partial charge in [-0.3, -0.25) is 9.78 Å². The van der Waals surface area contributed by atoms with Crippen molar-refractivity contribution >= 4 is 11.6 Å². The number of oxime groups is 1. The molecule has 2 heterocycles. The molecule has 5 rings (SSSR count). The molecule has 0 saturated heterocycles. The van der Waals surface area contributed by atoms with Crippen molar-refractivity contribution in [2.75, 3.05) is 33.5 Å². The molecule has 2 N–H and O–H groups in total. The Morgan fingerprint density at radius 3 is 2.38 bits per heavy atom. The second-order valence-electron chi connectivity index (χ2n) is 17.2. The van der Waals surface area contributed by atoms with Gasteiger partial charge in [0.2, 0.25) is 11.7 Å². The van der Waals surface area contributed by atoms with Crippen molar-refractivity contribution in [3.63, 3.8) is 0 Å². The van der Waals surface area contributed by atoms with Gasteiger partial charge in [0.15, 0.2) is 0 Å². The molecule has 0 spiro atoms. The Balaban J connectivity index is 1.59. The van der Waals surface area contributed by atoms with Crippen LogP contribution in [0.3, 0.4) is 0 Å². The van der Waals surface area contributed by atoms with Crippen molar-refractivity contribution in [1.29, 1.82) is 0 Å². The first kappa shape index (κ1) is 47.3. The van der Waals surface area contributed by atoms with Gasteiger partial charge in [0.1, 0.15) is 31.3 Å². The molecule has 1 aromatic heterocycles. The molecule has 0 bridgehead atoms. The van der Waals surface area contributed by atoms with Gasteiger partial charge in [-0.15, -0.1) is 6.58 Å². The van der Waals surface area contributed by atoms with Crippen LogP contribution < -0.4 is 9.47 Å². The molecular formula is C50H75N3O7. The topological polar surface area (TPSA) is 123 Å². The van der Waals surface area contributed by atoms with Gasteiger partial charge < -0.3 is 34.2 Å². The van der Waals surface area contributed by atoms with Crippen LogP contribution in [0.15, 0.2) is 65.9 Å². The highest BCUT2D eigenvalue weighted by atomic mass is 16.7. The zero-order valence-corrected chi connectivity index (χ0v) is 37.3. The number of aliphatic hydroxyl groups is 2. The highest BCUT2D eigenvalue weighted by molar-refractivity contribution is 6.03. The zero-order valence-electron chi connectivity index (χ0n) is 37.3. The number of ether oxygens (including phenoxy) is 3. The Hall–Kier alpha value is -3.73. The lowest BCUT2D eigenvalue weighted by atomic mass is 9.55. The molecule has 332 valence electrons. The Labute approximate surface area is 360 Å². The first-order valence-electron chi connectivity index (χ1n) is 23.3. The summed E-state index contributed by atoms with van der Waals surface area (Å²) in [7, 11) is 1.59. The van der Waals surface area contributed by atoms with Crippen LogP contribution in [0.2, 0.25) is 0 Å². The van der Waals surface area contributed by atoms with Crippen LogP contribution in [0.1, 0.15) is 152 Å². The maximum atomic E-state index is 14.6. The summed E-state index contributed by atoms with van der Waals surface area (Å²) in [4.78, 5) is 26.9. The van der Waals surface area contributed by atoms with Crippen molar-refractivity contribution < 1.29 is 34.1 Å². The monoisotopic (exact) mass is 830 g/mol. The normalized spacial score (nSPS) is 23.6. The highest BCUT2D eigenvalue weighted by Gasteiger charge is 2.65. The van der Waals surface area contributed by atoms with E-state index in [0.717, 1.165) is 97.5 Å².